The molecule has 18 heavy (non-hydrogen) atoms. The first-order valence-electron chi connectivity index (χ1n) is 5.25. The van der Waals surface area contributed by atoms with Crippen LogP contribution in [-0.2, 0) is 11.3 Å². The summed E-state index contributed by atoms with van der Waals surface area (Å²) >= 11 is 0. The summed E-state index contributed by atoms with van der Waals surface area (Å²) in [4.78, 5) is 15.2. The van der Waals surface area contributed by atoms with Gasteiger partial charge in [-0.15, -0.1) is 0 Å². The second kappa shape index (κ2) is 4.87. The highest BCUT2D eigenvalue weighted by Crippen LogP contribution is 2.14. The van der Waals surface area contributed by atoms with E-state index in [0.717, 1.165) is 5.56 Å². The van der Waals surface area contributed by atoms with Gasteiger partial charge in [-0.1, -0.05) is 12.1 Å². The van der Waals surface area contributed by atoms with Crippen LogP contribution < -0.4 is 5.73 Å². The number of aromatic nitrogens is 2. The third-order valence-corrected chi connectivity index (χ3v) is 2.52. The van der Waals surface area contributed by atoms with Gasteiger partial charge >= 0.3 is 5.97 Å². The predicted octanol–water partition coefficient (Wildman–Crippen LogP) is 1.44. The lowest BCUT2D eigenvalue weighted by Gasteiger charge is -2.05. The SMILES string of the molecule is COC(=O)c1ncn(Cc2ccc(F)cc2)c1N. The van der Waals surface area contributed by atoms with Crippen molar-refractivity contribution in [3.63, 3.8) is 0 Å². The Morgan fingerprint density at radius 2 is 2.11 bits per heavy atom. The molecule has 94 valence electrons. The van der Waals surface area contributed by atoms with Crippen molar-refractivity contribution in [1.29, 1.82) is 0 Å². The van der Waals surface area contributed by atoms with Crippen LogP contribution in [0.15, 0.2) is 30.6 Å². The lowest BCUT2D eigenvalue weighted by molar-refractivity contribution is 0.0596. The van der Waals surface area contributed by atoms with Crippen molar-refractivity contribution in [2.24, 2.45) is 0 Å². The Kier molecular flexibility index (Phi) is 3.27. The highest BCUT2D eigenvalue weighted by molar-refractivity contribution is 5.92. The van der Waals surface area contributed by atoms with E-state index < -0.39 is 5.97 Å². The Bertz CT molecular complexity index is 563. The third-order valence-electron chi connectivity index (χ3n) is 2.52. The van der Waals surface area contributed by atoms with Crippen molar-refractivity contribution in [2.45, 2.75) is 6.54 Å². The summed E-state index contributed by atoms with van der Waals surface area (Å²) in [6, 6.07) is 6.02. The smallest absolute Gasteiger partial charge is 0.360 e. The zero-order valence-corrected chi connectivity index (χ0v) is 9.76. The van der Waals surface area contributed by atoms with Crippen LogP contribution in [0.5, 0.6) is 0 Å². The van der Waals surface area contributed by atoms with Crippen LogP contribution in [0, 0.1) is 5.82 Å². The largest absolute Gasteiger partial charge is 0.464 e. The van der Waals surface area contributed by atoms with Crippen LogP contribution in [0.3, 0.4) is 0 Å². The summed E-state index contributed by atoms with van der Waals surface area (Å²) in [7, 11) is 1.26. The molecule has 0 saturated heterocycles. The van der Waals surface area contributed by atoms with E-state index in [-0.39, 0.29) is 17.3 Å². The molecule has 2 rings (SSSR count). The van der Waals surface area contributed by atoms with E-state index in [2.05, 4.69) is 9.72 Å². The van der Waals surface area contributed by atoms with Gasteiger partial charge in [-0.05, 0) is 17.7 Å². The molecule has 0 aliphatic carbocycles. The Morgan fingerprint density at radius 3 is 2.72 bits per heavy atom. The van der Waals surface area contributed by atoms with Crippen molar-refractivity contribution in [3.05, 3.63) is 47.7 Å². The molecule has 1 aromatic carbocycles. The normalized spacial score (nSPS) is 10.3. The van der Waals surface area contributed by atoms with Gasteiger partial charge in [0.15, 0.2) is 5.69 Å². The first-order chi connectivity index (χ1) is 8.61. The Balaban J connectivity index is 2.22. The van der Waals surface area contributed by atoms with Crippen LogP contribution in [0.2, 0.25) is 0 Å². The van der Waals surface area contributed by atoms with E-state index in [1.807, 2.05) is 0 Å². The number of carbonyl (C=O) groups is 1. The molecule has 0 atom stereocenters. The van der Waals surface area contributed by atoms with Gasteiger partial charge in [0.2, 0.25) is 0 Å². The maximum absolute atomic E-state index is 12.8. The number of imidazole rings is 1. The van der Waals surface area contributed by atoms with E-state index in [4.69, 9.17) is 5.73 Å². The molecule has 0 fully saturated rings. The fraction of sp³-hybridized carbons (Fsp3) is 0.167. The van der Waals surface area contributed by atoms with Gasteiger partial charge in [0.25, 0.3) is 0 Å². The number of benzene rings is 1. The fourth-order valence-electron chi connectivity index (χ4n) is 1.56. The third kappa shape index (κ3) is 2.32. The van der Waals surface area contributed by atoms with Gasteiger partial charge in [0, 0.05) is 0 Å². The number of carbonyl (C=O) groups excluding carboxylic acids is 1. The molecule has 0 bridgehead atoms. The van der Waals surface area contributed by atoms with Crippen molar-refractivity contribution in [2.75, 3.05) is 12.8 Å². The van der Waals surface area contributed by atoms with Crippen molar-refractivity contribution < 1.29 is 13.9 Å². The minimum Gasteiger partial charge on any atom is -0.464 e. The number of halogens is 1. The Morgan fingerprint density at radius 1 is 1.44 bits per heavy atom. The molecule has 1 heterocycles. The van der Waals surface area contributed by atoms with Gasteiger partial charge < -0.3 is 15.0 Å². The summed E-state index contributed by atoms with van der Waals surface area (Å²) in [5.41, 5.74) is 6.72. The number of ether oxygens (including phenoxy) is 1. The number of nitrogen functional groups attached to an aromatic ring is 1. The molecule has 0 radical (unpaired) electrons. The summed E-state index contributed by atoms with van der Waals surface area (Å²) in [5.74, 6) is -0.649. The van der Waals surface area contributed by atoms with Crippen LogP contribution in [-0.4, -0.2) is 22.6 Å². The standard InChI is InChI=1S/C12H12FN3O2/c1-18-12(17)10-11(14)16(7-15-10)6-8-2-4-9(13)5-3-8/h2-5,7H,6,14H2,1H3. The number of esters is 1. The first kappa shape index (κ1) is 12.1. The average Bonchev–Trinajstić information content (AvgIpc) is 2.73. The molecule has 0 aliphatic rings. The number of methoxy groups -OCH3 is 1. The number of rotatable bonds is 3. The van der Waals surface area contributed by atoms with Crippen molar-refractivity contribution in [1.82, 2.24) is 9.55 Å². The van der Waals surface area contributed by atoms with E-state index in [0.29, 0.717) is 6.54 Å². The fourth-order valence-corrected chi connectivity index (χ4v) is 1.56. The monoisotopic (exact) mass is 249 g/mol. The van der Waals surface area contributed by atoms with E-state index >= 15 is 0 Å². The Hall–Kier alpha value is -2.37. The van der Waals surface area contributed by atoms with Gasteiger partial charge in [0.1, 0.15) is 11.6 Å². The van der Waals surface area contributed by atoms with Gasteiger partial charge in [-0.2, -0.15) is 0 Å². The lowest BCUT2D eigenvalue weighted by atomic mass is 10.2. The van der Waals surface area contributed by atoms with Gasteiger partial charge in [-0.25, -0.2) is 14.2 Å². The second-order valence-electron chi connectivity index (χ2n) is 3.72. The molecular formula is C12H12FN3O2. The second-order valence-corrected chi connectivity index (χ2v) is 3.72. The molecular weight excluding hydrogens is 237 g/mol. The van der Waals surface area contributed by atoms with Crippen LogP contribution in [0.4, 0.5) is 10.2 Å². The van der Waals surface area contributed by atoms with E-state index in [9.17, 15) is 9.18 Å². The topological polar surface area (TPSA) is 70.1 Å². The molecule has 6 heteroatoms. The maximum atomic E-state index is 12.8. The first-order valence-corrected chi connectivity index (χ1v) is 5.25. The predicted molar refractivity (Wildman–Crippen MR) is 63.5 cm³/mol. The molecule has 2 aromatic rings. The quantitative estimate of drug-likeness (QED) is 0.835. The summed E-state index contributed by atoms with van der Waals surface area (Å²) < 4.78 is 18.9. The van der Waals surface area contributed by atoms with Gasteiger partial charge in [-0.3, -0.25) is 0 Å². The van der Waals surface area contributed by atoms with Crippen molar-refractivity contribution in [3.8, 4) is 0 Å². The number of hydrogen-bond acceptors (Lipinski definition) is 4. The molecule has 0 unspecified atom stereocenters. The van der Waals surface area contributed by atoms with E-state index in [1.54, 1.807) is 16.7 Å². The number of anilines is 1. The molecule has 2 N–H and O–H groups in total. The molecule has 0 saturated carbocycles. The zero-order valence-electron chi connectivity index (χ0n) is 9.76. The molecule has 5 nitrogen and oxygen atoms in total. The molecule has 0 amide bonds. The molecule has 0 spiro atoms. The average molecular weight is 249 g/mol. The number of nitrogens with zero attached hydrogens (tertiary/aromatic N) is 2. The molecule has 0 aliphatic heterocycles. The summed E-state index contributed by atoms with van der Waals surface area (Å²) in [6.45, 7) is 0.413. The highest BCUT2D eigenvalue weighted by Gasteiger charge is 2.15. The van der Waals surface area contributed by atoms with E-state index in [1.165, 1.54) is 25.6 Å². The van der Waals surface area contributed by atoms with Gasteiger partial charge in [0.05, 0.1) is 20.0 Å². The summed E-state index contributed by atoms with van der Waals surface area (Å²) in [5, 5.41) is 0. The minimum atomic E-state index is -0.578. The van der Waals surface area contributed by atoms with Crippen LogP contribution in [0.25, 0.3) is 0 Å². The molecule has 1 aromatic heterocycles. The lowest BCUT2D eigenvalue weighted by Crippen LogP contribution is -2.08. The highest BCUT2D eigenvalue weighted by atomic mass is 19.1. The van der Waals surface area contributed by atoms with Crippen LogP contribution in [0.1, 0.15) is 16.1 Å². The minimum absolute atomic E-state index is 0.0830. The number of nitrogens with two attached hydrogens (primary N) is 1. The van der Waals surface area contributed by atoms with Crippen molar-refractivity contribution >= 4 is 11.8 Å². The number of hydrogen-bond donors (Lipinski definition) is 1. The Labute approximate surface area is 103 Å². The summed E-state index contributed by atoms with van der Waals surface area (Å²) in [6.07, 6.45) is 1.45. The van der Waals surface area contributed by atoms with Crippen LogP contribution >= 0.6 is 0 Å². The zero-order chi connectivity index (χ0) is 13.1. The maximum Gasteiger partial charge on any atom is 0.360 e.